The first-order valence-corrected chi connectivity index (χ1v) is 6.13. The van der Waals surface area contributed by atoms with Crippen LogP contribution in [-0.4, -0.2) is 36.4 Å². The number of nitrogen functional groups attached to an aromatic ring is 1. The van der Waals surface area contributed by atoms with Crippen molar-refractivity contribution in [3.8, 4) is 0 Å². The molecule has 102 valence electrons. The summed E-state index contributed by atoms with van der Waals surface area (Å²) < 4.78 is 4.74. The molecular weight excluding hydrogens is 246 g/mol. The Morgan fingerprint density at radius 3 is 2.84 bits per heavy atom. The first-order chi connectivity index (χ1) is 9.17. The highest BCUT2D eigenvalue weighted by Crippen LogP contribution is 2.28. The Balaban J connectivity index is 2.41. The Hall–Kier alpha value is -2.31. The number of fused-ring (bicyclic) bond motifs is 1. The second kappa shape index (κ2) is 5.55. The van der Waals surface area contributed by atoms with Gasteiger partial charge in [0.1, 0.15) is 0 Å². The van der Waals surface area contributed by atoms with E-state index >= 15 is 0 Å². The summed E-state index contributed by atoms with van der Waals surface area (Å²) in [6.45, 7) is 3.04. The fourth-order valence-electron chi connectivity index (χ4n) is 1.93. The van der Waals surface area contributed by atoms with Gasteiger partial charge in [-0.25, -0.2) is 4.63 Å². The second-order valence-electron chi connectivity index (χ2n) is 4.23. The van der Waals surface area contributed by atoms with E-state index in [1.807, 2.05) is 17.9 Å². The molecule has 0 atom stereocenters. The fraction of sp³-hybridized carbons (Fsp3) is 0.417. The first kappa shape index (κ1) is 13.1. The van der Waals surface area contributed by atoms with Crippen LogP contribution >= 0.6 is 0 Å². The van der Waals surface area contributed by atoms with Crippen molar-refractivity contribution < 1.29 is 9.42 Å². The van der Waals surface area contributed by atoms with Gasteiger partial charge in [-0.05, 0) is 28.9 Å². The van der Waals surface area contributed by atoms with Gasteiger partial charge >= 0.3 is 0 Å². The minimum Gasteiger partial charge on any atom is -0.397 e. The van der Waals surface area contributed by atoms with E-state index in [1.165, 1.54) is 0 Å². The smallest absolute Gasteiger partial charge is 0.239 e. The molecule has 0 saturated carbocycles. The summed E-state index contributed by atoms with van der Waals surface area (Å²) in [5, 5.41) is 10.3. The normalized spacial score (nSPS) is 10.6. The zero-order chi connectivity index (χ0) is 13.8. The molecule has 0 radical (unpaired) electrons. The fourth-order valence-corrected chi connectivity index (χ4v) is 1.93. The van der Waals surface area contributed by atoms with Crippen LogP contribution in [0.3, 0.4) is 0 Å². The molecule has 7 heteroatoms. The van der Waals surface area contributed by atoms with Crippen molar-refractivity contribution in [2.75, 3.05) is 30.8 Å². The third kappa shape index (κ3) is 2.59. The van der Waals surface area contributed by atoms with Gasteiger partial charge in [0, 0.05) is 13.6 Å². The average Bonchev–Trinajstić information content (AvgIpc) is 2.89. The van der Waals surface area contributed by atoms with Gasteiger partial charge in [-0.15, -0.1) is 0 Å². The van der Waals surface area contributed by atoms with E-state index in [2.05, 4.69) is 15.6 Å². The molecule has 0 spiro atoms. The molecule has 1 aromatic heterocycles. The van der Waals surface area contributed by atoms with Gasteiger partial charge in [0.25, 0.3) is 0 Å². The molecule has 3 N–H and O–H groups in total. The largest absolute Gasteiger partial charge is 0.397 e. The maximum atomic E-state index is 11.6. The second-order valence-corrected chi connectivity index (χ2v) is 4.23. The Morgan fingerprint density at radius 1 is 1.42 bits per heavy atom. The maximum Gasteiger partial charge on any atom is 0.239 e. The van der Waals surface area contributed by atoms with Crippen LogP contribution in [-0.2, 0) is 4.79 Å². The van der Waals surface area contributed by atoms with Crippen LogP contribution in [0.15, 0.2) is 16.8 Å². The minimum absolute atomic E-state index is 0.0603. The number of rotatable bonds is 5. The van der Waals surface area contributed by atoms with Crippen molar-refractivity contribution in [3.63, 3.8) is 0 Å². The van der Waals surface area contributed by atoms with Crippen LogP contribution in [0.2, 0.25) is 0 Å². The number of aromatic nitrogens is 2. The SMILES string of the molecule is CCCN(CC(=O)NC)c1ccc(N)c2nonc12. The lowest BCUT2D eigenvalue weighted by atomic mass is 10.2. The first-order valence-electron chi connectivity index (χ1n) is 6.13. The highest BCUT2D eigenvalue weighted by molar-refractivity contribution is 5.96. The highest BCUT2D eigenvalue weighted by atomic mass is 16.6. The van der Waals surface area contributed by atoms with Gasteiger partial charge < -0.3 is 16.0 Å². The molecule has 0 aliphatic rings. The predicted molar refractivity (Wildman–Crippen MR) is 72.8 cm³/mol. The van der Waals surface area contributed by atoms with E-state index in [4.69, 9.17) is 10.4 Å². The third-order valence-corrected chi connectivity index (χ3v) is 2.87. The molecule has 19 heavy (non-hydrogen) atoms. The summed E-state index contributed by atoms with van der Waals surface area (Å²) in [6, 6.07) is 3.58. The van der Waals surface area contributed by atoms with E-state index in [-0.39, 0.29) is 12.5 Å². The van der Waals surface area contributed by atoms with Crippen molar-refractivity contribution in [1.82, 2.24) is 15.6 Å². The molecule has 2 rings (SSSR count). The Bertz CT molecular complexity index is 581. The topological polar surface area (TPSA) is 97.3 Å². The van der Waals surface area contributed by atoms with E-state index in [0.717, 1.165) is 18.7 Å². The lowest BCUT2D eigenvalue weighted by molar-refractivity contribution is -0.119. The van der Waals surface area contributed by atoms with Crippen LogP contribution in [0.25, 0.3) is 11.0 Å². The number of anilines is 2. The number of hydrogen-bond donors (Lipinski definition) is 2. The monoisotopic (exact) mass is 263 g/mol. The number of nitrogens with one attached hydrogen (secondary N) is 1. The van der Waals surface area contributed by atoms with Crippen molar-refractivity contribution >= 4 is 28.3 Å². The number of hydrogen-bond acceptors (Lipinski definition) is 6. The van der Waals surface area contributed by atoms with E-state index in [0.29, 0.717) is 16.7 Å². The summed E-state index contributed by atoms with van der Waals surface area (Å²) in [6.07, 6.45) is 0.911. The standard InChI is InChI=1S/C12H17N5O2/c1-3-6-17(7-10(18)14-2)9-5-4-8(13)11-12(9)16-19-15-11/h4-5H,3,6-7,13H2,1-2H3,(H,14,18). The Labute approximate surface area is 110 Å². The highest BCUT2D eigenvalue weighted by Gasteiger charge is 2.17. The van der Waals surface area contributed by atoms with Crippen LogP contribution in [0.4, 0.5) is 11.4 Å². The summed E-state index contributed by atoms with van der Waals surface area (Å²) in [7, 11) is 1.61. The molecule has 0 unspecified atom stereocenters. The zero-order valence-electron chi connectivity index (χ0n) is 11.0. The third-order valence-electron chi connectivity index (χ3n) is 2.87. The summed E-state index contributed by atoms with van der Waals surface area (Å²) >= 11 is 0. The van der Waals surface area contributed by atoms with Crippen LogP contribution < -0.4 is 16.0 Å². The Kier molecular flexibility index (Phi) is 3.84. The molecule has 1 amide bonds. The number of carbonyl (C=O) groups excluding carboxylic acids is 1. The molecular formula is C12H17N5O2. The molecule has 0 saturated heterocycles. The van der Waals surface area contributed by atoms with Gasteiger partial charge in [-0.1, -0.05) is 6.92 Å². The van der Waals surface area contributed by atoms with Gasteiger partial charge in [-0.3, -0.25) is 4.79 Å². The maximum absolute atomic E-state index is 11.6. The van der Waals surface area contributed by atoms with Crippen molar-refractivity contribution in [2.24, 2.45) is 0 Å². The van der Waals surface area contributed by atoms with Crippen molar-refractivity contribution in [3.05, 3.63) is 12.1 Å². The minimum atomic E-state index is -0.0603. The van der Waals surface area contributed by atoms with Gasteiger partial charge in [0.2, 0.25) is 5.91 Å². The van der Waals surface area contributed by atoms with Crippen molar-refractivity contribution in [1.29, 1.82) is 0 Å². The predicted octanol–water partition coefficient (Wildman–Crippen LogP) is 0.767. The molecule has 0 fully saturated rings. The molecule has 0 aliphatic heterocycles. The van der Waals surface area contributed by atoms with Gasteiger partial charge in [-0.2, -0.15) is 0 Å². The van der Waals surface area contributed by atoms with Crippen molar-refractivity contribution in [2.45, 2.75) is 13.3 Å². The molecule has 7 nitrogen and oxygen atoms in total. The number of nitrogens with two attached hydrogens (primary N) is 1. The molecule has 0 bridgehead atoms. The van der Waals surface area contributed by atoms with Crippen LogP contribution in [0.1, 0.15) is 13.3 Å². The average molecular weight is 263 g/mol. The zero-order valence-corrected chi connectivity index (χ0v) is 11.0. The van der Waals surface area contributed by atoms with E-state index in [9.17, 15) is 4.79 Å². The number of amides is 1. The summed E-state index contributed by atoms with van der Waals surface area (Å²) in [5.41, 5.74) is 8.23. The quantitative estimate of drug-likeness (QED) is 0.773. The molecule has 2 aromatic rings. The van der Waals surface area contributed by atoms with Gasteiger partial charge in [0.15, 0.2) is 11.0 Å². The summed E-state index contributed by atoms with van der Waals surface area (Å²) in [4.78, 5) is 13.5. The number of carbonyl (C=O) groups is 1. The van der Waals surface area contributed by atoms with Crippen LogP contribution in [0.5, 0.6) is 0 Å². The lowest BCUT2D eigenvalue weighted by Crippen LogP contribution is -2.36. The van der Waals surface area contributed by atoms with Crippen LogP contribution in [0, 0.1) is 0 Å². The molecule has 0 aliphatic carbocycles. The number of likely N-dealkylation sites (N-methyl/N-ethyl adjacent to an activating group) is 1. The lowest BCUT2D eigenvalue weighted by Gasteiger charge is -2.23. The number of nitrogens with zero attached hydrogens (tertiary/aromatic N) is 3. The number of benzene rings is 1. The Morgan fingerprint density at radius 2 is 2.16 bits per heavy atom. The molecule has 1 aromatic carbocycles. The van der Waals surface area contributed by atoms with E-state index < -0.39 is 0 Å². The van der Waals surface area contributed by atoms with E-state index in [1.54, 1.807) is 13.1 Å². The van der Waals surface area contributed by atoms with Gasteiger partial charge in [0.05, 0.1) is 17.9 Å². The molecule has 1 heterocycles. The summed E-state index contributed by atoms with van der Waals surface area (Å²) in [5.74, 6) is -0.0603.